The SMILES string of the molecule is CC(C)(C)c1ccc(=O)n(CCN2CCN(C(=O)c3onc4c3CCCC4)CC2)n1. The molecule has 3 heterocycles. The molecule has 2 aromatic rings. The van der Waals surface area contributed by atoms with Crippen LogP contribution in [0.5, 0.6) is 0 Å². The average molecular weight is 414 g/mol. The number of nitrogens with zero attached hydrogens (tertiary/aromatic N) is 5. The standard InChI is InChI=1S/C22H31N5O3/c1-22(2,3)18-8-9-19(28)27(23-18)15-12-25-10-13-26(14-11-25)21(29)20-16-6-4-5-7-17(16)24-30-20/h8-9H,4-7,10-15H2,1-3H3. The van der Waals surface area contributed by atoms with Gasteiger partial charge in [0.1, 0.15) is 0 Å². The third-order valence-corrected chi connectivity index (χ3v) is 6.08. The van der Waals surface area contributed by atoms with E-state index in [1.54, 1.807) is 10.7 Å². The first-order valence-electron chi connectivity index (χ1n) is 10.9. The van der Waals surface area contributed by atoms with Gasteiger partial charge in [-0.15, -0.1) is 0 Å². The molecule has 1 amide bonds. The summed E-state index contributed by atoms with van der Waals surface area (Å²) in [5.74, 6) is 0.397. The van der Waals surface area contributed by atoms with E-state index in [1.807, 2.05) is 11.0 Å². The summed E-state index contributed by atoms with van der Waals surface area (Å²) in [6, 6.07) is 3.41. The first-order chi connectivity index (χ1) is 14.3. The van der Waals surface area contributed by atoms with Gasteiger partial charge in [-0.1, -0.05) is 25.9 Å². The van der Waals surface area contributed by atoms with E-state index in [0.717, 1.165) is 62.3 Å². The maximum absolute atomic E-state index is 12.9. The highest BCUT2D eigenvalue weighted by molar-refractivity contribution is 5.93. The largest absolute Gasteiger partial charge is 0.350 e. The lowest BCUT2D eigenvalue weighted by atomic mass is 9.92. The molecule has 1 aliphatic heterocycles. The van der Waals surface area contributed by atoms with Crippen LogP contribution in [0.1, 0.15) is 61.1 Å². The number of piperazine rings is 1. The van der Waals surface area contributed by atoms with Gasteiger partial charge in [0.05, 0.1) is 17.9 Å². The molecule has 0 atom stereocenters. The quantitative estimate of drug-likeness (QED) is 0.761. The predicted octanol–water partition coefficient (Wildman–Crippen LogP) is 1.87. The Labute approximate surface area is 176 Å². The lowest BCUT2D eigenvalue weighted by molar-refractivity contribution is 0.0590. The Morgan fingerprint density at radius 3 is 2.53 bits per heavy atom. The number of hydrogen-bond donors (Lipinski definition) is 0. The number of carbonyl (C=O) groups excluding carboxylic acids is 1. The molecule has 0 radical (unpaired) electrons. The van der Waals surface area contributed by atoms with Crippen molar-refractivity contribution in [3.05, 3.63) is 45.2 Å². The van der Waals surface area contributed by atoms with Crippen LogP contribution in [-0.2, 0) is 24.8 Å². The van der Waals surface area contributed by atoms with E-state index in [1.165, 1.54) is 0 Å². The van der Waals surface area contributed by atoms with Crippen LogP contribution in [0.15, 0.2) is 21.5 Å². The van der Waals surface area contributed by atoms with Gasteiger partial charge in [0, 0.05) is 49.8 Å². The Kier molecular flexibility index (Phi) is 5.77. The van der Waals surface area contributed by atoms with Crippen LogP contribution < -0.4 is 5.56 Å². The Morgan fingerprint density at radius 2 is 1.80 bits per heavy atom. The van der Waals surface area contributed by atoms with E-state index >= 15 is 0 Å². The lowest BCUT2D eigenvalue weighted by Crippen LogP contribution is -2.49. The molecule has 0 unspecified atom stereocenters. The van der Waals surface area contributed by atoms with E-state index in [0.29, 0.717) is 25.4 Å². The zero-order valence-electron chi connectivity index (χ0n) is 18.2. The molecule has 2 aromatic heterocycles. The maximum Gasteiger partial charge on any atom is 0.292 e. The normalized spacial score (nSPS) is 17.8. The zero-order valence-corrected chi connectivity index (χ0v) is 18.2. The number of aromatic nitrogens is 3. The summed E-state index contributed by atoms with van der Waals surface area (Å²) in [7, 11) is 0. The van der Waals surface area contributed by atoms with Crippen molar-refractivity contribution in [3.8, 4) is 0 Å². The molecule has 0 bridgehead atoms. The van der Waals surface area contributed by atoms with Crippen molar-refractivity contribution in [1.29, 1.82) is 0 Å². The second-order valence-corrected chi connectivity index (χ2v) is 9.31. The van der Waals surface area contributed by atoms with Gasteiger partial charge in [-0.2, -0.15) is 5.10 Å². The maximum atomic E-state index is 12.9. The highest BCUT2D eigenvalue weighted by Crippen LogP contribution is 2.25. The average Bonchev–Trinajstić information content (AvgIpc) is 3.16. The smallest absolute Gasteiger partial charge is 0.292 e. The van der Waals surface area contributed by atoms with E-state index in [4.69, 9.17) is 4.52 Å². The Hall–Kier alpha value is -2.48. The molecule has 8 heteroatoms. The van der Waals surface area contributed by atoms with Crippen LogP contribution in [0, 0.1) is 0 Å². The number of carbonyl (C=O) groups is 1. The molecular formula is C22H31N5O3. The van der Waals surface area contributed by atoms with Gasteiger partial charge in [0.25, 0.3) is 11.5 Å². The molecule has 0 saturated carbocycles. The van der Waals surface area contributed by atoms with Crippen LogP contribution in [0.25, 0.3) is 0 Å². The molecule has 1 fully saturated rings. The minimum atomic E-state index is -0.0959. The second-order valence-electron chi connectivity index (χ2n) is 9.31. The van der Waals surface area contributed by atoms with Crippen molar-refractivity contribution in [3.63, 3.8) is 0 Å². The van der Waals surface area contributed by atoms with Gasteiger partial charge < -0.3 is 9.42 Å². The molecule has 0 aromatic carbocycles. The van der Waals surface area contributed by atoms with Gasteiger partial charge >= 0.3 is 0 Å². The summed E-state index contributed by atoms with van der Waals surface area (Å²) < 4.78 is 6.97. The summed E-state index contributed by atoms with van der Waals surface area (Å²) in [6.07, 6.45) is 3.99. The number of amides is 1. The molecule has 162 valence electrons. The van der Waals surface area contributed by atoms with E-state index in [9.17, 15) is 9.59 Å². The second kappa shape index (κ2) is 8.34. The van der Waals surface area contributed by atoms with Gasteiger partial charge in [0.15, 0.2) is 0 Å². The van der Waals surface area contributed by atoms with Crippen LogP contribution in [0.4, 0.5) is 0 Å². The van der Waals surface area contributed by atoms with Crippen molar-refractivity contribution < 1.29 is 9.32 Å². The molecular weight excluding hydrogens is 382 g/mol. The molecule has 30 heavy (non-hydrogen) atoms. The topological polar surface area (TPSA) is 84.5 Å². The number of fused-ring (bicyclic) bond motifs is 1. The number of rotatable bonds is 4. The zero-order chi connectivity index (χ0) is 21.3. The molecule has 4 rings (SSSR count). The van der Waals surface area contributed by atoms with Crippen LogP contribution in [-0.4, -0.2) is 63.4 Å². The Balaban J connectivity index is 1.33. The third-order valence-electron chi connectivity index (χ3n) is 6.08. The first kappa shape index (κ1) is 20.8. The van der Waals surface area contributed by atoms with Gasteiger partial charge in [-0.05, 0) is 31.7 Å². The minimum absolute atomic E-state index is 0.0407. The summed E-state index contributed by atoms with van der Waals surface area (Å²) in [5, 5.41) is 8.65. The van der Waals surface area contributed by atoms with Crippen molar-refractivity contribution >= 4 is 5.91 Å². The molecule has 1 saturated heterocycles. The fourth-order valence-electron chi connectivity index (χ4n) is 4.12. The molecule has 0 spiro atoms. The van der Waals surface area contributed by atoms with Gasteiger partial charge in [-0.25, -0.2) is 4.68 Å². The third kappa shape index (κ3) is 4.33. The highest BCUT2D eigenvalue weighted by Gasteiger charge is 2.29. The molecule has 1 aliphatic carbocycles. The lowest BCUT2D eigenvalue weighted by Gasteiger charge is -2.34. The molecule has 8 nitrogen and oxygen atoms in total. The summed E-state index contributed by atoms with van der Waals surface area (Å²) >= 11 is 0. The number of hydrogen-bond acceptors (Lipinski definition) is 6. The fourth-order valence-corrected chi connectivity index (χ4v) is 4.12. The predicted molar refractivity (Wildman–Crippen MR) is 113 cm³/mol. The summed E-state index contributed by atoms with van der Waals surface area (Å²) in [6.45, 7) is 10.4. The monoisotopic (exact) mass is 413 g/mol. The highest BCUT2D eigenvalue weighted by atomic mass is 16.5. The van der Waals surface area contributed by atoms with Gasteiger partial charge in [-0.3, -0.25) is 14.5 Å². The molecule has 0 N–H and O–H groups in total. The Bertz CT molecular complexity index is 964. The van der Waals surface area contributed by atoms with Crippen molar-refractivity contribution in [2.24, 2.45) is 0 Å². The van der Waals surface area contributed by atoms with Crippen LogP contribution >= 0.6 is 0 Å². The Morgan fingerprint density at radius 1 is 1.07 bits per heavy atom. The summed E-state index contributed by atoms with van der Waals surface area (Å²) in [5.41, 5.74) is 2.71. The molecule has 2 aliphatic rings. The summed E-state index contributed by atoms with van der Waals surface area (Å²) in [4.78, 5) is 29.2. The van der Waals surface area contributed by atoms with E-state index in [2.05, 4.69) is 35.9 Å². The fraction of sp³-hybridized carbons (Fsp3) is 0.636. The van der Waals surface area contributed by atoms with Crippen LogP contribution in [0.3, 0.4) is 0 Å². The van der Waals surface area contributed by atoms with E-state index < -0.39 is 0 Å². The van der Waals surface area contributed by atoms with Crippen molar-refractivity contribution in [2.75, 3.05) is 32.7 Å². The van der Waals surface area contributed by atoms with Crippen molar-refractivity contribution in [2.45, 2.75) is 58.4 Å². The minimum Gasteiger partial charge on any atom is -0.350 e. The van der Waals surface area contributed by atoms with Gasteiger partial charge in [0.2, 0.25) is 5.76 Å². The van der Waals surface area contributed by atoms with Crippen LogP contribution in [0.2, 0.25) is 0 Å². The number of aryl methyl sites for hydroxylation is 1. The first-order valence-corrected chi connectivity index (χ1v) is 10.9. The van der Waals surface area contributed by atoms with E-state index in [-0.39, 0.29) is 16.9 Å². The van der Waals surface area contributed by atoms with Crippen molar-refractivity contribution in [1.82, 2.24) is 24.7 Å².